The van der Waals surface area contributed by atoms with Crippen molar-refractivity contribution >= 4 is 39.6 Å². The van der Waals surface area contributed by atoms with Gasteiger partial charge >= 0.3 is 0 Å². The van der Waals surface area contributed by atoms with Crippen molar-refractivity contribution in [2.45, 2.75) is 25.7 Å². The van der Waals surface area contributed by atoms with Gasteiger partial charge in [-0.25, -0.2) is 0 Å². The Hall–Kier alpha value is -2.66. The van der Waals surface area contributed by atoms with Gasteiger partial charge in [0.05, 0.1) is 18.3 Å². The van der Waals surface area contributed by atoms with Gasteiger partial charge in [0.2, 0.25) is 0 Å². The summed E-state index contributed by atoms with van der Waals surface area (Å²) >= 11 is 5.57. The first-order chi connectivity index (χ1) is 12.7. The van der Waals surface area contributed by atoms with Crippen LogP contribution in [0.3, 0.4) is 0 Å². The van der Waals surface area contributed by atoms with E-state index >= 15 is 0 Å². The number of nitrogens with zero attached hydrogens (tertiary/aromatic N) is 1. The highest BCUT2D eigenvalue weighted by atomic mass is 32.1. The first-order valence-corrected chi connectivity index (χ1v) is 9.28. The van der Waals surface area contributed by atoms with Crippen LogP contribution in [0.2, 0.25) is 0 Å². The minimum absolute atomic E-state index is 0.583. The Balaban J connectivity index is 1.64. The maximum Gasteiger partial charge on any atom is 0.175 e. The molecule has 0 radical (unpaired) electrons. The van der Waals surface area contributed by atoms with Gasteiger partial charge in [-0.1, -0.05) is 18.2 Å². The molecule has 0 spiro atoms. The molecule has 1 heterocycles. The van der Waals surface area contributed by atoms with E-state index in [2.05, 4.69) is 22.8 Å². The monoisotopic (exact) mass is 363 g/mol. The molecule has 5 heteroatoms. The normalized spacial score (nSPS) is 13.1. The first kappa shape index (κ1) is 16.8. The van der Waals surface area contributed by atoms with Crippen molar-refractivity contribution < 1.29 is 4.74 Å². The minimum Gasteiger partial charge on any atom is -0.497 e. The molecule has 0 saturated carbocycles. The lowest BCUT2D eigenvalue weighted by Crippen LogP contribution is -2.21. The molecule has 4 rings (SSSR count). The molecule has 26 heavy (non-hydrogen) atoms. The van der Waals surface area contributed by atoms with Crippen LogP contribution in [-0.4, -0.2) is 17.2 Å². The van der Waals surface area contributed by atoms with Gasteiger partial charge < -0.3 is 15.4 Å². The molecule has 3 aromatic rings. The van der Waals surface area contributed by atoms with Gasteiger partial charge in [0.15, 0.2) is 5.11 Å². The second-order valence-electron chi connectivity index (χ2n) is 6.44. The third kappa shape index (κ3) is 3.35. The Morgan fingerprint density at radius 2 is 1.77 bits per heavy atom. The van der Waals surface area contributed by atoms with Crippen LogP contribution in [0.25, 0.3) is 10.9 Å². The number of benzene rings is 2. The van der Waals surface area contributed by atoms with E-state index in [-0.39, 0.29) is 0 Å². The van der Waals surface area contributed by atoms with Crippen molar-refractivity contribution in [3.05, 3.63) is 59.8 Å². The number of thiocarbonyl (C=S) groups is 1. The number of fused-ring (bicyclic) bond motifs is 2. The highest BCUT2D eigenvalue weighted by Crippen LogP contribution is 2.33. The lowest BCUT2D eigenvalue weighted by Gasteiger charge is -2.22. The summed E-state index contributed by atoms with van der Waals surface area (Å²) in [6.07, 6.45) is 4.47. The second kappa shape index (κ2) is 7.30. The zero-order chi connectivity index (χ0) is 17.9. The zero-order valence-electron chi connectivity index (χ0n) is 14.7. The molecule has 0 bridgehead atoms. The van der Waals surface area contributed by atoms with E-state index < -0.39 is 0 Å². The number of aromatic nitrogens is 1. The number of aryl methyl sites for hydroxylation is 1. The molecule has 1 aliphatic rings. The van der Waals surface area contributed by atoms with Gasteiger partial charge in [-0.05, 0) is 73.8 Å². The van der Waals surface area contributed by atoms with Crippen molar-refractivity contribution in [2.75, 3.05) is 17.7 Å². The van der Waals surface area contributed by atoms with Crippen LogP contribution < -0.4 is 15.4 Å². The van der Waals surface area contributed by atoms with E-state index in [1.807, 2.05) is 36.4 Å². The van der Waals surface area contributed by atoms with E-state index in [1.54, 1.807) is 7.11 Å². The van der Waals surface area contributed by atoms with Crippen LogP contribution in [0.1, 0.15) is 24.1 Å². The van der Waals surface area contributed by atoms with Gasteiger partial charge in [0, 0.05) is 16.8 Å². The smallest absolute Gasteiger partial charge is 0.175 e. The molecule has 0 amide bonds. The summed E-state index contributed by atoms with van der Waals surface area (Å²) in [5, 5.41) is 8.40. The molecule has 0 aliphatic heterocycles. The van der Waals surface area contributed by atoms with Crippen molar-refractivity contribution in [1.82, 2.24) is 4.98 Å². The van der Waals surface area contributed by atoms with Gasteiger partial charge in [-0.2, -0.15) is 0 Å². The summed E-state index contributed by atoms with van der Waals surface area (Å²) in [5.74, 6) is 0.823. The molecule has 0 fully saturated rings. The minimum atomic E-state index is 0.583. The molecule has 0 saturated heterocycles. The maximum absolute atomic E-state index is 5.57. The average Bonchev–Trinajstić information content (AvgIpc) is 2.68. The molecule has 0 atom stereocenters. The highest BCUT2D eigenvalue weighted by molar-refractivity contribution is 7.80. The predicted molar refractivity (Wildman–Crippen MR) is 111 cm³/mol. The van der Waals surface area contributed by atoms with E-state index in [0.717, 1.165) is 40.9 Å². The molecule has 1 aromatic heterocycles. The summed E-state index contributed by atoms with van der Waals surface area (Å²) in [7, 11) is 1.66. The SMILES string of the molecule is COc1ccc(NC(=S)Nc2c3c(nc4ccccc24)CCCC3)cc1. The largest absolute Gasteiger partial charge is 0.497 e. The zero-order valence-corrected chi connectivity index (χ0v) is 15.5. The molecule has 2 N–H and O–H groups in total. The van der Waals surface area contributed by atoms with Crippen molar-refractivity contribution in [3.8, 4) is 5.75 Å². The van der Waals surface area contributed by atoms with Crippen LogP contribution in [0.4, 0.5) is 11.4 Å². The molecule has 4 nitrogen and oxygen atoms in total. The molecular weight excluding hydrogens is 342 g/mol. The summed E-state index contributed by atoms with van der Waals surface area (Å²) in [4.78, 5) is 4.87. The molecule has 0 unspecified atom stereocenters. The van der Waals surface area contributed by atoms with E-state index in [1.165, 1.54) is 24.1 Å². The van der Waals surface area contributed by atoms with E-state index in [4.69, 9.17) is 21.9 Å². The van der Waals surface area contributed by atoms with Crippen LogP contribution >= 0.6 is 12.2 Å². The number of methoxy groups -OCH3 is 1. The lowest BCUT2D eigenvalue weighted by molar-refractivity contribution is 0.415. The fourth-order valence-corrected chi connectivity index (χ4v) is 3.69. The number of pyridine rings is 1. The second-order valence-corrected chi connectivity index (χ2v) is 6.85. The molecule has 132 valence electrons. The summed E-state index contributed by atoms with van der Waals surface area (Å²) in [6, 6.07) is 16.0. The Bertz CT molecular complexity index is 953. The number of hydrogen-bond acceptors (Lipinski definition) is 3. The quantitative estimate of drug-likeness (QED) is 0.646. The van der Waals surface area contributed by atoms with Crippen molar-refractivity contribution in [2.24, 2.45) is 0 Å². The lowest BCUT2D eigenvalue weighted by atomic mass is 9.93. The highest BCUT2D eigenvalue weighted by Gasteiger charge is 2.18. The number of para-hydroxylation sites is 1. The Labute approximate surface area is 158 Å². The summed E-state index contributed by atoms with van der Waals surface area (Å²) in [6.45, 7) is 0. The van der Waals surface area contributed by atoms with Crippen LogP contribution in [-0.2, 0) is 12.8 Å². The molecule has 1 aliphatic carbocycles. The summed E-state index contributed by atoms with van der Waals surface area (Å²) < 4.78 is 5.20. The standard InChI is InChI=1S/C21H21N3OS/c1-25-15-12-10-14(11-13-15)22-21(26)24-20-16-6-2-4-8-18(16)23-19-9-5-3-7-17(19)20/h2,4,6,8,10-13H,3,5,7,9H2,1H3,(H2,22,23,24,26). The number of hydrogen-bond donors (Lipinski definition) is 2. The van der Waals surface area contributed by atoms with Crippen LogP contribution in [0, 0.1) is 0 Å². The third-order valence-corrected chi connectivity index (χ3v) is 4.96. The molecular formula is C21H21N3OS. The number of anilines is 2. The number of ether oxygens (including phenoxy) is 1. The van der Waals surface area contributed by atoms with Crippen LogP contribution in [0.5, 0.6) is 5.75 Å². The third-order valence-electron chi connectivity index (χ3n) is 4.76. The van der Waals surface area contributed by atoms with Gasteiger partial charge in [-0.3, -0.25) is 4.98 Å². The van der Waals surface area contributed by atoms with E-state index in [9.17, 15) is 0 Å². The Morgan fingerprint density at radius 3 is 2.58 bits per heavy atom. The van der Waals surface area contributed by atoms with Gasteiger partial charge in [-0.15, -0.1) is 0 Å². The van der Waals surface area contributed by atoms with Gasteiger partial charge in [0.1, 0.15) is 5.75 Å². The predicted octanol–water partition coefficient (Wildman–Crippen LogP) is 4.93. The Kier molecular flexibility index (Phi) is 4.71. The topological polar surface area (TPSA) is 46.2 Å². The van der Waals surface area contributed by atoms with Crippen molar-refractivity contribution in [1.29, 1.82) is 0 Å². The van der Waals surface area contributed by atoms with Gasteiger partial charge in [0.25, 0.3) is 0 Å². The Morgan fingerprint density at radius 1 is 1.00 bits per heavy atom. The van der Waals surface area contributed by atoms with E-state index in [0.29, 0.717) is 5.11 Å². The van der Waals surface area contributed by atoms with Crippen molar-refractivity contribution in [3.63, 3.8) is 0 Å². The fraction of sp³-hybridized carbons (Fsp3) is 0.238. The molecule has 2 aromatic carbocycles. The number of nitrogens with one attached hydrogen (secondary N) is 2. The van der Waals surface area contributed by atoms with Crippen LogP contribution in [0.15, 0.2) is 48.5 Å². The average molecular weight is 363 g/mol. The number of rotatable bonds is 3. The maximum atomic E-state index is 5.57. The first-order valence-electron chi connectivity index (χ1n) is 8.87. The summed E-state index contributed by atoms with van der Waals surface area (Å²) in [5.41, 5.74) is 5.54. The fourth-order valence-electron chi connectivity index (χ4n) is 3.47.